The third kappa shape index (κ3) is 24.7. The number of nitrogens with one attached hydrogen (secondary N) is 11. The van der Waals surface area contributed by atoms with Gasteiger partial charge in [0.25, 0.3) is 0 Å². The van der Waals surface area contributed by atoms with Crippen LogP contribution in [0.5, 0.6) is 17.2 Å². The van der Waals surface area contributed by atoms with Crippen molar-refractivity contribution in [2.75, 3.05) is 52.6 Å². The van der Waals surface area contributed by atoms with Crippen LogP contribution in [0.3, 0.4) is 0 Å². The lowest BCUT2D eigenvalue weighted by atomic mass is 10.0. The highest BCUT2D eigenvalue weighted by Crippen LogP contribution is 2.24. The van der Waals surface area contributed by atoms with Crippen molar-refractivity contribution in [2.24, 2.45) is 5.73 Å². The number of carbonyl (C=O) groups is 16. The number of aliphatic carboxylic acids is 2. The molecule has 3 aromatic carbocycles. The highest BCUT2D eigenvalue weighted by Gasteiger charge is 2.44. The van der Waals surface area contributed by atoms with Crippen molar-refractivity contribution < 1.29 is 123 Å². The minimum atomic E-state index is -1.95. The molecule has 0 spiro atoms. The van der Waals surface area contributed by atoms with Crippen molar-refractivity contribution in [1.29, 1.82) is 0 Å². The summed E-state index contributed by atoms with van der Waals surface area (Å²) in [5, 5.41) is 117. The van der Waals surface area contributed by atoms with E-state index < -0.39 is 225 Å². The van der Waals surface area contributed by atoms with Crippen LogP contribution in [0.4, 0.5) is 0 Å². The van der Waals surface area contributed by atoms with Gasteiger partial charge in [-0.15, -0.1) is 0 Å². The zero-order valence-corrected chi connectivity index (χ0v) is 60.5. The molecule has 604 valence electrons. The largest absolute Gasteiger partial charge is 0.508 e. The number of carboxylic acids is 2. The Morgan fingerprint density at radius 2 is 0.730 bits per heavy atom. The Kier molecular flexibility index (Phi) is 32.2. The van der Waals surface area contributed by atoms with Gasteiger partial charge in [0.05, 0.1) is 38.9 Å². The van der Waals surface area contributed by atoms with Crippen LogP contribution in [0.2, 0.25) is 0 Å². The first kappa shape index (κ1) is 86.6. The second kappa shape index (κ2) is 41.3. The summed E-state index contributed by atoms with van der Waals surface area (Å²) in [6.07, 6.45) is -1.11. The first-order valence-electron chi connectivity index (χ1n) is 36.0. The number of likely N-dealkylation sites (tertiary alicyclic amines) is 3. The molecule has 0 aliphatic carbocycles. The van der Waals surface area contributed by atoms with E-state index in [2.05, 4.69) is 53.2 Å². The number of carbonyl (C=O) groups excluding carboxylic acids is 14. The molecule has 4 heterocycles. The number of phenols is 3. The van der Waals surface area contributed by atoms with Gasteiger partial charge in [0.1, 0.15) is 95.8 Å². The molecule has 3 aromatic rings. The van der Waals surface area contributed by atoms with Crippen LogP contribution in [0.15, 0.2) is 72.8 Å². The summed E-state index contributed by atoms with van der Waals surface area (Å²) < 4.78 is 0. The monoisotopic (exact) mass is 1560 g/mol. The van der Waals surface area contributed by atoms with Crippen molar-refractivity contribution in [3.8, 4) is 17.2 Å². The quantitative estimate of drug-likeness (QED) is 0.0252. The summed E-state index contributed by atoms with van der Waals surface area (Å²) in [4.78, 5) is 220. The molecule has 0 bridgehead atoms. The van der Waals surface area contributed by atoms with Gasteiger partial charge in [0, 0.05) is 45.3 Å². The van der Waals surface area contributed by atoms with Crippen LogP contribution in [0, 0.1) is 0 Å². The maximum atomic E-state index is 14.4. The number of aliphatic hydroxyl groups excluding tert-OH is 4. The Balaban J connectivity index is 0.969. The molecule has 0 unspecified atom stereocenters. The standard InChI is InChI=1S/C71H95N15O25/c1-36(74-59(98)44(22-23-56(72)94)75-63(102)49(32-87)80-66(105)54-8-4-26-85(54)69(108)51(34-89)82-61(100)46(29-38-12-18-41(92)19-13-38)76-58(97)43-6-2-24-73-43)68(107)84-25-3-7-53(84)65(104)78-47(30-39-14-20-42(93)21-15-39)62(101)83-52(35-90)70(109)86-27-5-9-55(86)67(106)81-50(33-88)64(103)77-45(28-37-10-16-40(91)17-11-37)60(99)79-48(71(110)111)31-57(95)96/h10-21,36,43-55,73,87-93H,2-9,22-35H2,1H3,(H2,72,94)(H,74,98)(H,75,102)(H,76,97)(H,77,103)(H,78,104)(H,79,99)(H,80,105)(H,81,106)(H,82,100)(H,83,101)(H,95,96)(H,110,111)/t36-,43-,44-,45-,46-,47-,48-,49-,50-,51-,52-,53-,54-,55-/m0/s1. The number of primary amides is 1. The molecule has 14 amide bonds. The lowest BCUT2D eigenvalue weighted by molar-refractivity contribution is -0.147. The predicted octanol–water partition coefficient (Wildman–Crippen LogP) is -7.78. The fraction of sp³-hybridized carbons (Fsp3) is 0.521. The molecule has 4 fully saturated rings. The van der Waals surface area contributed by atoms with Crippen molar-refractivity contribution in [1.82, 2.24) is 73.2 Å². The van der Waals surface area contributed by atoms with Crippen molar-refractivity contribution in [3.05, 3.63) is 89.5 Å². The van der Waals surface area contributed by atoms with Gasteiger partial charge in [0.2, 0.25) is 82.7 Å². The van der Waals surface area contributed by atoms with E-state index in [0.717, 1.165) is 14.7 Å². The SMILES string of the molecule is C[C@H](NC(=O)[C@H](CCC(N)=O)NC(=O)[C@H](CO)NC(=O)[C@@H]1CCCN1C(=O)[C@H](CO)NC(=O)[C@H](Cc1ccc(O)cc1)NC(=O)[C@@H]1CCCN1)C(=O)N1CCC[C@H]1C(=O)N[C@@H](Cc1ccc(O)cc1)C(=O)N[C@@H](CO)C(=O)N1CCC[C@H]1C(=O)N[C@@H](CO)C(=O)N[C@@H](Cc1ccc(O)cc1)C(=O)N[C@@H](CC(=O)O)C(=O)O. The van der Waals surface area contributed by atoms with Gasteiger partial charge in [0.15, 0.2) is 0 Å². The molecule has 22 N–H and O–H groups in total. The molecule has 0 radical (unpaired) electrons. The summed E-state index contributed by atoms with van der Waals surface area (Å²) in [7, 11) is 0. The molecule has 4 saturated heterocycles. The summed E-state index contributed by atoms with van der Waals surface area (Å²) in [6, 6.07) is -5.09. The zero-order chi connectivity index (χ0) is 81.3. The van der Waals surface area contributed by atoms with Crippen molar-refractivity contribution in [3.63, 3.8) is 0 Å². The van der Waals surface area contributed by atoms with Crippen LogP contribution in [0.1, 0.15) is 94.2 Å². The molecule has 111 heavy (non-hydrogen) atoms. The number of nitrogens with two attached hydrogens (primary N) is 1. The number of hydrogen-bond acceptors (Lipinski definition) is 24. The van der Waals surface area contributed by atoms with Gasteiger partial charge in [-0.1, -0.05) is 36.4 Å². The fourth-order valence-electron chi connectivity index (χ4n) is 13.2. The number of hydrogen-bond donors (Lipinski definition) is 21. The topological polar surface area (TPSA) is 623 Å². The highest BCUT2D eigenvalue weighted by atomic mass is 16.4. The highest BCUT2D eigenvalue weighted by molar-refractivity contribution is 6.01. The zero-order valence-electron chi connectivity index (χ0n) is 60.5. The van der Waals surface area contributed by atoms with E-state index in [9.17, 15) is 123 Å². The van der Waals surface area contributed by atoms with Crippen LogP contribution in [-0.4, -0.2) is 292 Å². The smallest absolute Gasteiger partial charge is 0.326 e. The van der Waals surface area contributed by atoms with Crippen LogP contribution in [-0.2, 0) is 96.0 Å². The van der Waals surface area contributed by atoms with Crippen molar-refractivity contribution >= 4 is 94.6 Å². The molecular formula is C71H95N15O25. The third-order valence-electron chi connectivity index (χ3n) is 19.2. The Hall–Kier alpha value is -11.6. The van der Waals surface area contributed by atoms with Gasteiger partial charge in [-0.3, -0.25) is 71.9 Å². The summed E-state index contributed by atoms with van der Waals surface area (Å²) in [5.74, 6) is -17.4. The lowest BCUT2D eigenvalue weighted by Gasteiger charge is -2.31. The molecule has 0 aromatic heterocycles. The third-order valence-corrected chi connectivity index (χ3v) is 19.2. The molecule has 40 nitrogen and oxygen atoms in total. The van der Waals surface area contributed by atoms with Crippen LogP contribution >= 0.6 is 0 Å². The number of aliphatic hydroxyl groups is 4. The number of aromatic hydroxyl groups is 3. The maximum Gasteiger partial charge on any atom is 0.326 e. The average Bonchev–Trinajstić information content (AvgIpc) is 1.76. The lowest BCUT2D eigenvalue weighted by Crippen LogP contribution is -2.61. The predicted molar refractivity (Wildman–Crippen MR) is 382 cm³/mol. The van der Waals surface area contributed by atoms with Gasteiger partial charge < -0.3 is 125 Å². The van der Waals surface area contributed by atoms with E-state index >= 15 is 0 Å². The van der Waals surface area contributed by atoms with Gasteiger partial charge in [-0.2, -0.15) is 0 Å². The Morgan fingerprint density at radius 3 is 1.08 bits per heavy atom. The maximum absolute atomic E-state index is 14.4. The van der Waals surface area contributed by atoms with E-state index in [4.69, 9.17) is 5.73 Å². The number of rotatable bonds is 39. The van der Waals surface area contributed by atoms with Gasteiger partial charge in [-0.05, 0) is 124 Å². The molecule has 4 aliphatic heterocycles. The average molecular weight is 1560 g/mol. The van der Waals surface area contributed by atoms with E-state index in [1.54, 1.807) is 0 Å². The van der Waals surface area contributed by atoms with Crippen LogP contribution in [0.25, 0.3) is 0 Å². The number of benzene rings is 3. The number of nitrogens with zero attached hydrogens (tertiary/aromatic N) is 3. The van der Waals surface area contributed by atoms with Gasteiger partial charge in [-0.25, -0.2) is 4.79 Å². The molecule has 4 aliphatic rings. The molecule has 7 rings (SSSR count). The van der Waals surface area contributed by atoms with E-state index in [1.165, 1.54) is 79.7 Å². The molecule has 14 atom stereocenters. The molecular weight excluding hydrogens is 1460 g/mol. The summed E-state index contributed by atoms with van der Waals surface area (Å²) in [5.41, 5.74) is 6.60. The van der Waals surface area contributed by atoms with E-state index in [0.29, 0.717) is 36.1 Å². The molecule has 40 heteroatoms. The normalized spacial score (nSPS) is 19.3. The minimum absolute atomic E-state index is 0.00189. The number of amides is 14. The second-order valence-electron chi connectivity index (χ2n) is 27.3. The van der Waals surface area contributed by atoms with E-state index in [1.807, 2.05) is 5.32 Å². The first-order valence-corrected chi connectivity index (χ1v) is 36.0. The molecule has 0 saturated carbocycles. The first-order chi connectivity index (χ1) is 52.8. The minimum Gasteiger partial charge on any atom is -0.508 e. The fourth-order valence-corrected chi connectivity index (χ4v) is 13.2. The van der Waals surface area contributed by atoms with E-state index in [-0.39, 0.29) is 94.7 Å². The summed E-state index contributed by atoms with van der Waals surface area (Å²) in [6.45, 7) is -2.72. The second-order valence-corrected chi connectivity index (χ2v) is 27.3. The summed E-state index contributed by atoms with van der Waals surface area (Å²) >= 11 is 0. The number of carboxylic acid groups (broad SMARTS) is 2. The Morgan fingerprint density at radius 1 is 0.405 bits per heavy atom. The van der Waals surface area contributed by atoms with Crippen molar-refractivity contribution in [2.45, 2.75) is 181 Å². The Bertz CT molecular complexity index is 3870. The number of phenolic OH excluding ortho intramolecular Hbond substituents is 3. The Labute approximate surface area is 634 Å². The van der Waals surface area contributed by atoms with Crippen LogP contribution < -0.4 is 64.2 Å². The van der Waals surface area contributed by atoms with Gasteiger partial charge >= 0.3 is 11.9 Å².